The van der Waals surface area contributed by atoms with Crippen molar-refractivity contribution in [3.8, 4) is 0 Å². The van der Waals surface area contributed by atoms with Gasteiger partial charge in [-0.25, -0.2) is 4.68 Å². The Kier molecular flexibility index (Phi) is 3.73. The van der Waals surface area contributed by atoms with Crippen molar-refractivity contribution in [1.82, 2.24) is 20.0 Å². The molecule has 1 aromatic carbocycles. The molecule has 0 N–H and O–H groups in total. The van der Waals surface area contributed by atoms with Crippen LogP contribution in [-0.4, -0.2) is 25.8 Å². The highest BCUT2D eigenvalue weighted by molar-refractivity contribution is 5.87. The maximum Gasteiger partial charge on any atom is 0.161 e. The Morgan fingerprint density at radius 2 is 1.95 bits per heavy atom. The van der Waals surface area contributed by atoms with Gasteiger partial charge in [0.2, 0.25) is 0 Å². The highest BCUT2D eigenvalue weighted by atomic mass is 16.1. The van der Waals surface area contributed by atoms with Crippen molar-refractivity contribution < 1.29 is 4.79 Å². The predicted molar refractivity (Wildman–Crippen MR) is 79.8 cm³/mol. The molecule has 21 heavy (non-hydrogen) atoms. The number of carbonyl (C=O) groups is 1. The number of benzene rings is 1. The van der Waals surface area contributed by atoms with Crippen molar-refractivity contribution in [3.05, 3.63) is 54.4 Å². The number of fused-ring (bicyclic) bond motifs is 1. The molecule has 5 heteroatoms. The van der Waals surface area contributed by atoms with Crippen LogP contribution in [0.4, 0.5) is 0 Å². The number of carbonyl (C=O) groups excluding carboxylic acids is 1. The molecule has 106 valence electrons. The molecule has 3 aromatic rings. The largest absolute Gasteiger partial charge is 0.297 e. The Labute approximate surface area is 122 Å². The minimum absolute atomic E-state index is 0.138. The van der Waals surface area contributed by atoms with Gasteiger partial charge in [0, 0.05) is 18.8 Å². The second-order valence-electron chi connectivity index (χ2n) is 4.92. The van der Waals surface area contributed by atoms with Gasteiger partial charge in [0.05, 0.1) is 5.52 Å². The summed E-state index contributed by atoms with van der Waals surface area (Å²) in [5.41, 5.74) is 2.55. The molecule has 0 aliphatic rings. The van der Waals surface area contributed by atoms with E-state index in [1.165, 1.54) is 0 Å². The lowest BCUT2D eigenvalue weighted by molar-refractivity contribution is -0.121. The van der Waals surface area contributed by atoms with E-state index in [2.05, 4.69) is 15.3 Å². The summed E-state index contributed by atoms with van der Waals surface area (Å²) in [5, 5.41) is 8.35. The van der Waals surface area contributed by atoms with Crippen LogP contribution in [0.5, 0.6) is 0 Å². The zero-order chi connectivity index (χ0) is 14.7. The van der Waals surface area contributed by atoms with E-state index in [4.69, 9.17) is 0 Å². The highest BCUT2D eigenvalue weighted by Crippen LogP contribution is 2.24. The Balaban J connectivity index is 2.13. The van der Waals surface area contributed by atoms with E-state index >= 15 is 0 Å². The number of nitrogens with zero attached hydrogens (tertiary/aromatic N) is 4. The number of Topliss-reactive ketones (excluding diaryl/α,β-unsaturated/α-hetero) is 1. The fraction of sp³-hybridized carbons (Fsp3) is 0.250. The summed E-state index contributed by atoms with van der Waals surface area (Å²) in [6.07, 6.45) is 4.72. The molecule has 0 amide bonds. The summed E-state index contributed by atoms with van der Waals surface area (Å²) >= 11 is 0. The predicted octanol–water partition coefficient (Wildman–Crippen LogP) is 2.78. The molecule has 0 fully saturated rings. The molecular weight excluding hydrogens is 264 g/mol. The number of aromatic nitrogens is 4. The normalized spacial score (nSPS) is 12.4. The van der Waals surface area contributed by atoms with Gasteiger partial charge in [-0.1, -0.05) is 24.3 Å². The van der Waals surface area contributed by atoms with Gasteiger partial charge in [-0.05, 0) is 36.2 Å². The van der Waals surface area contributed by atoms with Crippen molar-refractivity contribution in [1.29, 1.82) is 0 Å². The van der Waals surface area contributed by atoms with Gasteiger partial charge in [-0.15, -0.1) is 5.10 Å². The molecule has 1 unspecified atom stereocenters. The Morgan fingerprint density at radius 3 is 2.71 bits per heavy atom. The topological polar surface area (TPSA) is 60.7 Å². The van der Waals surface area contributed by atoms with Gasteiger partial charge in [0.1, 0.15) is 11.6 Å². The first-order valence-corrected chi connectivity index (χ1v) is 7.04. The second kappa shape index (κ2) is 5.83. The summed E-state index contributed by atoms with van der Waals surface area (Å²) in [7, 11) is 0. The minimum Gasteiger partial charge on any atom is -0.297 e. The van der Waals surface area contributed by atoms with E-state index in [-0.39, 0.29) is 5.78 Å². The van der Waals surface area contributed by atoms with Crippen LogP contribution in [0.25, 0.3) is 11.0 Å². The standard InChI is InChI=1S/C16H16N4O/c1-2-5-15(21)16(12-8-10-17-11-9-12)20-14-7-4-3-6-13(14)18-19-20/h3-4,6-11,16H,2,5H2,1H3. The lowest BCUT2D eigenvalue weighted by atomic mass is 10.0. The van der Waals surface area contributed by atoms with Crippen molar-refractivity contribution in [2.75, 3.05) is 0 Å². The first-order valence-electron chi connectivity index (χ1n) is 7.04. The first kappa shape index (κ1) is 13.4. The average molecular weight is 280 g/mol. The molecule has 0 aliphatic heterocycles. The molecule has 2 aromatic heterocycles. The monoisotopic (exact) mass is 280 g/mol. The molecule has 0 saturated heterocycles. The van der Waals surface area contributed by atoms with Crippen LogP contribution in [0.2, 0.25) is 0 Å². The molecule has 3 rings (SSSR count). The molecule has 1 atom stereocenters. The number of para-hydroxylation sites is 1. The Bertz CT molecular complexity index is 751. The van der Waals surface area contributed by atoms with Crippen LogP contribution in [0.1, 0.15) is 31.4 Å². The smallest absolute Gasteiger partial charge is 0.161 e. The molecule has 0 saturated carbocycles. The Morgan fingerprint density at radius 1 is 1.19 bits per heavy atom. The van der Waals surface area contributed by atoms with E-state index in [0.29, 0.717) is 6.42 Å². The van der Waals surface area contributed by atoms with E-state index in [9.17, 15) is 4.79 Å². The minimum atomic E-state index is -0.444. The van der Waals surface area contributed by atoms with E-state index in [1.807, 2.05) is 43.3 Å². The van der Waals surface area contributed by atoms with Gasteiger partial charge in [0.25, 0.3) is 0 Å². The number of hydrogen-bond donors (Lipinski definition) is 0. The lowest BCUT2D eigenvalue weighted by Gasteiger charge is -2.16. The van der Waals surface area contributed by atoms with Crippen molar-refractivity contribution in [2.24, 2.45) is 0 Å². The lowest BCUT2D eigenvalue weighted by Crippen LogP contribution is -2.22. The van der Waals surface area contributed by atoms with E-state index in [0.717, 1.165) is 23.0 Å². The number of hydrogen-bond acceptors (Lipinski definition) is 4. The molecule has 0 spiro atoms. The summed E-state index contributed by atoms with van der Waals surface area (Å²) in [6.45, 7) is 2.00. The number of pyridine rings is 1. The molecule has 0 bridgehead atoms. The summed E-state index contributed by atoms with van der Waals surface area (Å²) in [6, 6.07) is 10.9. The van der Waals surface area contributed by atoms with Crippen LogP contribution in [-0.2, 0) is 4.79 Å². The van der Waals surface area contributed by atoms with Crippen LogP contribution >= 0.6 is 0 Å². The third-order valence-electron chi connectivity index (χ3n) is 3.45. The van der Waals surface area contributed by atoms with Crippen molar-refractivity contribution >= 4 is 16.8 Å². The van der Waals surface area contributed by atoms with Gasteiger partial charge >= 0.3 is 0 Å². The van der Waals surface area contributed by atoms with Crippen molar-refractivity contribution in [3.63, 3.8) is 0 Å². The van der Waals surface area contributed by atoms with Crippen molar-refractivity contribution in [2.45, 2.75) is 25.8 Å². The third kappa shape index (κ3) is 2.54. The van der Waals surface area contributed by atoms with Crippen LogP contribution in [0.15, 0.2) is 48.8 Å². The molecule has 0 radical (unpaired) electrons. The van der Waals surface area contributed by atoms with Gasteiger partial charge in [-0.2, -0.15) is 0 Å². The molecule has 0 aliphatic carbocycles. The van der Waals surface area contributed by atoms with E-state index < -0.39 is 6.04 Å². The third-order valence-corrected chi connectivity index (χ3v) is 3.45. The maximum absolute atomic E-state index is 12.6. The van der Waals surface area contributed by atoms with Crippen LogP contribution in [0.3, 0.4) is 0 Å². The van der Waals surface area contributed by atoms with Gasteiger partial charge in [0.15, 0.2) is 5.78 Å². The number of ketones is 1. The Hall–Kier alpha value is -2.56. The second-order valence-corrected chi connectivity index (χ2v) is 4.92. The SMILES string of the molecule is CCCC(=O)C(c1ccncc1)n1nnc2ccccc21. The zero-order valence-electron chi connectivity index (χ0n) is 11.8. The molecule has 5 nitrogen and oxygen atoms in total. The molecular formula is C16H16N4O. The van der Waals surface area contributed by atoms with Crippen LogP contribution in [0, 0.1) is 0 Å². The zero-order valence-corrected chi connectivity index (χ0v) is 11.8. The summed E-state index contributed by atoms with van der Waals surface area (Å²) < 4.78 is 1.71. The van der Waals surface area contributed by atoms with Gasteiger partial charge < -0.3 is 0 Å². The molecule has 2 heterocycles. The van der Waals surface area contributed by atoms with Gasteiger partial charge in [-0.3, -0.25) is 9.78 Å². The summed E-state index contributed by atoms with van der Waals surface area (Å²) in [5.74, 6) is 0.138. The number of rotatable bonds is 5. The van der Waals surface area contributed by atoms with E-state index in [1.54, 1.807) is 17.1 Å². The maximum atomic E-state index is 12.6. The summed E-state index contributed by atoms with van der Waals surface area (Å²) in [4.78, 5) is 16.6. The quantitative estimate of drug-likeness (QED) is 0.721. The fourth-order valence-electron chi connectivity index (χ4n) is 2.47. The highest BCUT2D eigenvalue weighted by Gasteiger charge is 2.24. The first-order chi connectivity index (χ1) is 10.3. The average Bonchev–Trinajstić information content (AvgIpc) is 2.93. The fourth-order valence-corrected chi connectivity index (χ4v) is 2.47. The van der Waals surface area contributed by atoms with Crippen LogP contribution < -0.4 is 0 Å².